The molecular weight excluding hydrogens is 270 g/mol. The number of benzene rings is 1. The Morgan fingerprint density at radius 2 is 2.05 bits per heavy atom. The number of aryl methyl sites for hydroxylation is 2. The number of aromatic nitrogens is 3. The van der Waals surface area contributed by atoms with E-state index in [2.05, 4.69) is 10.3 Å². The fourth-order valence-electron chi connectivity index (χ4n) is 1.94. The van der Waals surface area contributed by atoms with Crippen molar-refractivity contribution >= 4 is 11.8 Å². The zero-order valence-electron chi connectivity index (χ0n) is 12.3. The summed E-state index contributed by atoms with van der Waals surface area (Å²) in [5, 5.41) is 7.49. The molecule has 0 bridgehead atoms. The molecule has 2 rings (SSSR count). The van der Waals surface area contributed by atoms with Gasteiger partial charge in [-0.3, -0.25) is 4.79 Å². The predicted octanol–water partition coefficient (Wildman–Crippen LogP) is 1.95. The third-order valence-electron chi connectivity index (χ3n) is 3.02. The zero-order valence-corrected chi connectivity index (χ0v) is 12.3. The van der Waals surface area contributed by atoms with E-state index in [9.17, 15) is 9.59 Å². The molecule has 1 heterocycles. The van der Waals surface area contributed by atoms with Crippen molar-refractivity contribution in [3.05, 3.63) is 46.8 Å². The third-order valence-corrected chi connectivity index (χ3v) is 3.02. The molecule has 0 saturated heterocycles. The third kappa shape index (κ3) is 3.53. The Bertz CT molecular complexity index is 677. The van der Waals surface area contributed by atoms with Gasteiger partial charge in [-0.2, -0.15) is 0 Å². The SMILES string of the molecule is CCOC(=O)c1cn(CC(=O)c2cc(C)ccc2C)nn1. The number of ketones is 1. The lowest BCUT2D eigenvalue weighted by molar-refractivity contribution is 0.0519. The fourth-order valence-corrected chi connectivity index (χ4v) is 1.94. The normalized spacial score (nSPS) is 10.4. The summed E-state index contributed by atoms with van der Waals surface area (Å²) in [6.45, 7) is 5.85. The van der Waals surface area contributed by atoms with E-state index in [1.807, 2.05) is 32.0 Å². The number of hydrogen-bond acceptors (Lipinski definition) is 5. The summed E-state index contributed by atoms with van der Waals surface area (Å²) >= 11 is 0. The molecule has 0 atom stereocenters. The van der Waals surface area contributed by atoms with Crippen LogP contribution in [-0.4, -0.2) is 33.4 Å². The molecule has 0 radical (unpaired) electrons. The van der Waals surface area contributed by atoms with Gasteiger partial charge in [-0.25, -0.2) is 9.48 Å². The fraction of sp³-hybridized carbons (Fsp3) is 0.333. The van der Waals surface area contributed by atoms with Crippen LogP contribution in [0.4, 0.5) is 0 Å². The van der Waals surface area contributed by atoms with Gasteiger partial charge in [-0.1, -0.05) is 22.9 Å². The minimum absolute atomic E-state index is 0.0384. The Morgan fingerprint density at radius 1 is 1.29 bits per heavy atom. The molecule has 110 valence electrons. The van der Waals surface area contributed by atoms with Gasteiger partial charge in [-0.05, 0) is 32.4 Å². The number of nitrogens with zero attached hydrogens (tertiary/aromatic N) is 3. The van der Waals surface area contributed by atoms with Crippen molar-refractivity contribution in [3.8, 4) is 0 Å². The van der Waals surface area contributed by atoms with Gasteiger partial charge in [0.15, 0.2) is 11.5 Å². The highest BCUT2D eigenvalue weighted by Gasteiger charge is 2.15. The van der Waals surface area contributed by atoms with E-state index in [1.54, 1.807) is 6.92 Å². The topological polar surface area (TPSA) is 74.1 Å². The molecule has 1 aromatic heterocycles. The molecule has 2 aromatic rings. The first-order valence-corrected chi connectivity index (χ1v) is 6.69. The van der Waals surface area contributed by atoms with Crippen LogP contribution in [0.15, 0.2) is 24.4 Å². The highest BCUT2D eigenvalue weighted by atomic mass is 16.5. The minimum atomic E-state index is -0.539. The van der Waals surface area contributed by atoms with Gasteiger partial charge in [0.25, 0.3) is 0 Å². The highest BCUT2D eigenvalue weighted by Crippen LogP contribution is 2.12. The van der Waals surface area contributed by atoms with Crippen LogP contribution in [-0.2, 0) is 11.3 Å². The van der Waals surface area contributed by atoms with E-state index in [0.29, 0.717) is 5.56 Å². The maximum absolute atomic E-state index is 12.3. The molecule has 6 heteroatoms. The van der Waals surface area contributed by atoms with Gasteiger partial charge in [0, 0.05) is 5.56 Å². The molecule has 0 aliphatic heterocycles. The van der Waals surface area contributed by atoms with Gasteiger partial charge in [0.1, 0.15) is 6.54 Å². The number of ether oxygens (including phenoxy) is 1. The average molecular weight is 287 g/mol. The maximum Gasteiger partial charge on any atom is 0.360 e. The molecule has 0 spiro atoms. The second-order valence-corrected chi connectivity index (χ2v) is 4.76. The smallest absolute Gasteiger partial charge is 0.360 e. The summed E-state index contributed by atoms with van der Waals surface area (Å²) in [4.78, 5) is 23.8. The minimum Gasteiger partial charge on any atom is -0.461 e. The van der Waals surface area contributed by atoms with Gasteiger partial charge in [-0.15, -0.1) is 5.10 Å². The van der Waals surface area contributed by atoms with Crippen LogP contribution in [0.5, 0.6) is 0 Å². The van der Waals surface area contributed by atoms with Gasteiger partial charge in [0.05, 0.1) is 12.8 Å². The molecule has 6 nitrogen and oxygen atoms in total. The van der Waals surface area contributed by atoms with Crippen molar-refractivity contribution in [2.75, 3.05) is 6.61 Å². The Labute approximate surface area is 122 Å². The van der Waals surface area contributed by atoms with Crippen molar-refractivity contribution in [1.82, 2.24) is 15.0 Å². The number of carbonyl (C=O) groups is 2. The first-order valence-electron chi connectivity index (χ1n) is 6.69. The summed E-state index contributed by atoms with van der Waals surface area (Å²) < 4.78 is 6.17. The first kappa shape index (κ1) is 14.9. The Morgan fingerprint density at radius 3 is 2.76 bits per heavy atom. The summed E-state index contributed by atoms with van der Waals surface area (Å²) in [6.07, 6.45) is 1.42. The molecule has 1 aromatic carbocycles. The van der Waals surface area contributed by atoms with E-state index in [0.717, 1.165) is 11.1 Å². The number of esters is 1. The lowest BCUT2D eigenvalue weighted by atomic mass is 10.0. The molecule has 0 unspecified atom stereocenters. The van der Waals surface area contributed by atoms with Crippen LogP contribution in [0.3, 0.4) is 0 Å². The lowest BCUT2D eigenvalue weighted by Gasteiger charge is -2.05. The van der Waals surface area contributed by atoms with Gasteiger partial charge < -0.3 is 4.74 Å². The molecule has 0 fully saturated rings. The molecule has 0 aliphatic rings. The van der Waals surface area contributed by atoms with Crippen molar-refractivity contribution in [1.29, 1.82) is 0 Å². The lowest BCUT2D eigenvalue weighted by Crippen LogP contribution is -2.12. The van der Waals surface area contributed by atoms with E-state index >= 15 is 0 Å². The van der Waals surface area contributed by atoms with Crippen molar-refractivity contribution < 1.29 is 14.3 Å². The average Bonchev–Trinajstić information content (AvgIpc) is 2.90. The zero-order chi connectivity index (χ0) is 15.4. The molecular formula is C15H17N3O3. The number of hydrogen-bond donors (Lipinski definition) is 0. The van der Waals surface area contributed by atoms with E-state index < -0.39 is 5.97 Å². The quantitative estimate of drug-likeness (QED) is 0.620. The Hall–Kier alpha value is -2.50. The monoisotopic (exact) mass is 287 g/mol. The van der Waals surface area contributed by atoms with E-state index in [1.165, 1.54) is 10.9 Å². The van der Waals surface area contributed by atoms with Gasteiger partial charge in [0.2, 0.25) is 0 Å². The standard InChI is InChI=1S/C15H17N3O3/c1-4-21-15(20)13-8-18(17-16-13)9-14(19)12-7-10(2)5-6-11(12)3/h5-8H,4,9H2,1-3H3. The molecule has 21 heavy (non-hydrogen) atoms. The molecule has 0 aliphatic carbocycles. The molecule has 0 N–H and O–H groups in total. The number of Topliss-reactive ketones (excluding diaryl/α,β-unsaturated/α-hetero) is 1. The van der Waals surface area contributed by atoms with Crippen LogP contribution < -0.4 is 0 Å². The Balaban J connectivity index is 2.13. The van der Waals surface area contributed by atoms with Crippen LogP contribution in [0.25, 0.3) is 0 Å². The van der Waals surface area contributed by atoms with Crippen LogP contribution in [0.2, 0.25) is 0 Å². The molecule has 0 saturated carbocycles. The second-order valence-electron chi connectivity index (χ2n) is 4.76. The second kappa shape index (κ2) is 6.30. The first-order chi connectivity index (χ1) is 10.0. The summed E-state index contributed by atoms with van der Waals surface area (Å²) in [6, 6.07) is 5.72. The number of carbonyl (C=O) groups excluding carboxylic acids is 2. The van der Waals surface area contributed by atoms with E-state index in [-0.39, 0.29) is 24.6 Å². The molecule has 0 amide bonds. The van der Waals surface area contributed by atoms with Crippen LogP contribution in [0, 0.1) is 13.8 Å². The van der Waals surface area contributed by atoms with E-state index in [4.69, 9.17) is 4.74 Å². The number of rotatable bonds is 5. The Kier molecular flexibility index (Phi) is 4.47. The van der Waals surface area contributed by atoms with Crippen molar-refractivity contribution in [3.63, 3.8) is 0 Å². The van der Waals surface area contributed by atoms with Gasteiger partial charge >= 0.3 is 5.97 Å². The summed E-state index contributed by atoms with van der Waals surface area (Å²) in [5.41, 5.74) is 2.69. The largest absolute Gasteiger partial charge is 0.461 e. The van der Waals surface area contributed by atoms with Crippen molar-refractivity contribution in [2.24, 2.45) is 0 Å². The van der Waals surface area contributed by atoms with Crippen LogP contribution in [0.1, 0.15) is 38.9 Å². The highest BCUT2D eigenvalue weighted by molar-refractivity contribution is 5.97. The summed E-state index contributed by atoms with van der Waals surface area (Å²) in [7, 11) is 0. The predicted molar refractivity (Wildman–Crippen MR) is 76.2 cm³/mol. The van der Waals surface area contributed by atoms with Crippen molar-refractivity contribution in [2.45, 2.75) is 27.3 Å². The van der Waals surface area contributed by atoms with Crippen LogP contribution >= 0.6 is 0 Å². The summed E-state index contributed by atoms with van der Waals surface area (Å²) in [5.74, 6) is -0.612. The maximum atomic E-state index is 12.3.